The van der Waals surface area contributed by atoms with E-state index in [9.17, 15) is 4.79 Å². The van der Waals surface area contributed by atoms with Gasteiger partial charge in [-0.3, -0.25) is 9.69 Å². The smallest absolute Gasteiger partial charge is 0.243 e. The summed E-state index contributed by atoms with van der Waals surface area (Å²) in [6.07, 6.45) is 3.41. The second kappa shape index (κ2) is 7.40. The van der Waals surface area contributed by atoms with Crippen molar-refractivity contribution in [2.45, 2.75) is 39.2 Å². The minimum atomic E-state index is 0.105. The minimum absolute atomic E-state index is 0.105. The van der Waals surface area contributed by atoms with Gasteiger partial charge < -0.3 is 14.7 Å². The van der Waals surface area contributed by atoms with E-state index in [1.54, 1.807) is 0 Å². The molecule has 1 aliphatic heterocycles. The Morgan fingerprint density at radius 3 is 2.70 bits per heavy atom. The van der Waals surface area contributed by atoms with Gasteiger partial charge in [-0.05, 0) is 32.2 Å². The third-order valence-corrected chi connectivity index (χ3v) is 4.78. The number of nitrogens with zero attached hydrogens (tertiary/aromatic N) is 4. The first-order chi connectivity index (χ1) is 11.2. The molecule has 2 heterocycles. The molecule has 1 saturated carbocycles. The first-order valence-electron chi connectivity index (χ1n) is 8.72. The lowest BCUT2D eigenvalue weighted by molar-refractivity contribution is -0.132. The zero-order chi connectivity index (χ0) is 16.2. The lowest BCUT2D eigenvalue weighted by atomic mass is 10.2. The van der Waals surface area contributed by atoms with Crippen molar-refractivity contribution in [2.75, 3.05) is 39.3 Å². The van der Waals surface area contributed by atoms with Crippen LogP contribution in [0.5, 0.6) is 0 Å². The van der Waals surface area contributed by atoms with Crippen LogP contribution < -0.4 is 5.32 Å². The van der Waals surface area contributed by atoms with E-state index in [0.29, 0.717) is 12.4 Å². The quantitative estimate of drug-likeness (QED) is 0.802. The van der Waals surface area contributed by atoms with Gasteiger partial charge in [-0.15, -0.1) is 0 Å². The third kappa shape index (κ3) is 4.29. The van der Waals surface area contributed by atoms with Crippen LogP contribution in [0.15, 0.2) is 4.52 Å². The van der Waals surface area contributed by atoms with E-state index in [1.807, 2.05) is 11.8 Å². The summed E-state index contributed by atoms with van der Waals surface area (Å²) >= 11 is 0. The van der Waals surface area contributed by atoms with Gasteiger partial charge in [0, 0.05) is 32.6 Å². The summed E-state index contributed by atoms with van der Waals surface area (Å²) in [5.74, 6) is 2.45. The van der Waals surface area contributed by atoms with Crippen LogP contribution in [0.1, 0.15) is 44.4 Å². The molecule has 0 radical (unpaired) electrons. The fraction of sp³-hybridized carbons (Fsp3) is 0.812. The number of aromatic nitrogens is 2. The second-order valence-corrected chi connectivity index (χ2v) is 6.57. The van der Waals surface area contributed by atoms with E-state index in [0.717, 1.165) is 50.9 Å². The van der Waals surface area contributed by atoms with Crippen LogP contribution in [-0.4, -0.2) is 65.1 Å². The van der Waals surface area contributed by atoms with E-state index in [-0.39, 0.29) is 11.9 Å². The molecule has 0 aromatic carbocycles. The van der Waals surface area contributed by atoms with Gasteiger partial charge in [-0.1, -0.05) is 12.1 Å². The van der Waals surface area contributed by atoms with E-state index in [2.05, 4.69) is 27.3 Å². The summed E-state index contributed by atoms with van der Waals surface area (Å²) in [7, 11) is 0. The topological polar surface area (TPSA) is 74.5 Å². The zero-order valence-corrected chi connectivity index (χ0v) is 14.1. The predicted molar refractivity (Wildman–Crippen MR) is 85.8 cm³/mol. The van der Waals surface area contributed by atoms with E-state index in [1.165, 1.54) is 12.8 Å². The first kappa shape index (κ1) is 16.4. The molecule has 7 heteroatoms. The third-order valence-electron chi connectivity index (χ3n) is 4.78. The molecule has 0 bridgehead atoms. The number of carbonyl (C=O) groups excluding carboxylic acids is 1. The highest BCUT2D eigenvalue weighted by molar-refractivity contribution is 5.78. The van der Waals surface area contributed by atoms with Crippen LogP contribution >= 0.6 is 0 Å². The monoisotopic (exact) mass is 321 g/mol. The highest BCUT2D eigenvalue weighted by Crippen LogP contribution is 2.27. The number of amides is 1. The van der Waals surface area contributed by atoms with Crippen molar-refractivity contribution in [2.24, 2.45) is 5.92 Å². The number of carbonyl (C=O) groups is 1. The van der Waals surface area contributed by atoms with Gasteiger partial charge in [0.2, 0.25) is 11.8 Å². The Hall–Kier alpha value is -1.47. The number of rotatable bonds is 7. The summed E-state index contributed by atoms with van der Waals surface area (Å²) in [5.41, 5.74) is 0. The molecule has 3 rings (SSSR count). The molecule has 1 unspecified atom stereocenters. The highest BCUT2D eigenvalue weighted by Gasteiger charge is 2.27. The zero-order valence-electron chi connectivity index (χ0n) is 14.1. The van der Waals surface area contributed by atoms with Crippen LogP contribution in [0.4, 0.5) is 0 Å². The SMILES string of the molecule is CCc1noc(C(C)N2CCN(C(=O)CNCC3CC3)CC2)n1. The number of aryl methyl sites for hydroxylation is 1. The second-order valence-electron chi connectivity index (χ2n) is 6.57. The Kier molecular flexibility index (Phi) is 5.27. The Labute approximate surface area is 137 Å². The van der Waals surface area contributed by atoms with Crippen molar-refractivity contribution in [3.05, 3.63) is 11.7 Å². The fourth-order valence-corrected chi connectivity index (χ4v) is 2.91. The molecule has 1 aromatic rings. The average molecular weight is 321 g/mol. The number of hydrogen-bond donors (Lipinski definition) is 1. The number of hydrogen-bond acceptors (Lipinski definition) is 6. The van der Waals surface area contributed by atoms with Crippen molar-refractivity contribution in [1.29, 1.82) is 0 Å². The largest absolute Gasteiger partial charge is 0.339 e. The molecule has 23 heavy (non-hydrogen) atoms. The van der Waals surface area contributed by atoms with E-state index in [4.69, 9.17) is 4.52 Å². The lowest BCUT2D eigenvalue weighted by Gasteiger charge is -2.36. The summed E-state index contributed by atoms with van der Waals surface area (Å²) in [6.45, 7) is 8.78. The van der Waals surface area contributed by atoms with Gasteiger partial charge >= 0.3 is 0 Å². The molecular weight excluding hydrogens is 294 g/mol. The Morgan fingerprint density at radius 2 is 2.09 bits per heavy atom. The maximum absolute atomic E-state index is 12.2. The van der Waals surface area contributed by atoms with Gasteiger partial charge in [0.25, 0.3) is 0 Å². The molecule has 1 N–H and O–H groups in total. The molecule has 2 aliphatic rings. The first-order valence-corrected chi connectivity index (χ1v) is 8.72. The van der Waals surface area contributed by atoms with Crippen LogP contribution in [0.3, 0.4) is 0 Å². The highest BCUT2D eigenvalue weighted by atomic mass is 16.5. The van der Waals surface area contributed by atoms with Gasteiger partial charge in [-0.2, -0.15) is 4.98 Å². The van der Waals surface area contributed by atoms with Crippen LogP contribution in [0, 0.1) is 5.92 Å². The Balaban J connectivity index is 1.42. The van der Waals surface area contributed by atoms with Gasteiger partial charge in [-0.25, -0.2) is 0 Å². The predicted octanol–water partition coefficient (Wildman–Crippen LogP) is 0.837. The van der Waals surface area contributed by atoms with E-state index < -0.39 is 0 Å². The van der Waals surface area contributed by atoms with Crippen molar-refractivity contribution in [1.82, 2.24) is 25.3 Å². The van der Waals surface area contributed by atoms with Crippen molar-refractivity contribution in [3.63, 3.8) is 0 Å². The van der Waals surface area contributed by atoms with Crippen molar-refractivity contribution < 1.29 is 9.32 Å². The van der Waals surface area contributed by atoms with Gasteiger partial charge in [0.1, 0.15) is 0 Å². The standard InChI is InChI=1S/C16H27N5O2/c1-3-14-18-16(23-19-14)12(2)20-6-8-21(9-7-20)15(22)11-17-10-13-4-5-13/h12-13,17H,3-11H2,1-2H3. The summed E-state index contributed by atoms with van der Waals surface area (Å²) in [5, 5.41) is 7.24. The lowest BCUT2D eigenvalue weighted by Crippen LogP contribution is -2.51. The normalized spacial score (nSPS) is 20.7. The van der Waals surface area contributed by atoms with Crippen molar-refractivity contribution in [3.8, 4) is 0 Å². The Bertz CT molecular complexity index is 520. The fourth-order valence-electron chi connectivity index (χ4n) is 2.91. The van der Waals surface area contributed by atoms with Crippen LogP contribution in [0.2, 0.25) is 0 Å². The molecule has 1 atom stereocenters. The van der Waals surface area contributed by atoms with Crippen molar-refractivity contribution >= 4 is 5.91 Å². The van der Waals surface area contributed by atoms with Gasteiger partial charge in [0.15, 0.2) is 5.82 Å². The molecule has 1 aliphatic carbocycles. The number of nitrogens with one attached hydrogen (secondary N) is 1. The number of piperazine rings is 1. The molecule has 7 nitrogen and oxygen atoms in total. The summed E-state index contributed by atoms with van der Waals surface area (Å²) < 4.78 is 5.33. The molecule has 128 valence electrons. The maximum Gasteiger partial charge on any atom is 0.243 e. The van der Waals surface area contributed by atoms with E-state index >= 15 is 0 Å². The maximum atomic E-state index is 12.2. The van der Waals surface area contributed by atoms with Crippen LogP contribution in [-0.2, 0) is 11.2 Å². The Morgan fingerprint density at radius 1 is 1.35 bits per heavy atom. The minimum Gasteiger partial charge on any atom is -0.339 e. The summed E-state index contributed by atoms with van der Waals surface area (Å²) in [6, 6.07) is 0.105. The molecule has 1 amide bonds. The summed E-state index contributed by atoms with van der Waals surface area (Å²) in [4.78, 5) is 20.9. The van der Waals surface area contributed by atoms with Crippen LogP contribution in [0.25, 0.3) is 0 Å². The molecule has 2 fully saturated rings. The molecule has 1 aromatic heterocycles. The molecule has 1 saturated heterocycles. The van der Waals surface area contributed by atoms with Gasteiger partial charge in [0.05, 0.1) is 12.6 Å². The molecule has 0 spiro atoms. The average Bonchev–Trinajstić information content (AvgIpc) is 3.28. The molecular formula is C16H27N5O2.